The zero-order valence-corrected chi connectivity index (χ0v) is 19.1. The van der Waals surface area contributed by atoms with E-state index in [0.29, 0.717) is 12.3 Å². The Balaban J connectivity index is 2.00. The highest BCUT2D eigenvalue weighted by atomic mass is 16.5. The Morgan fingerprint density at radius 2 is 1.68 bits per heavy atom. The molecule has 0 radical (unpaired) electrons. The van der Waals surface area contributed by atoms with Gasteiger partial charge in [-0.05, 0) is 23.3 Å². The molecule has 7 heteroatoms. The Morgan fingerprint density at radius 3 is 2.26 bits per heavy atom. The molecule has 1 aromatic carbocycles. The van der Waals surface area contributed by atoms with E-state index in [2.05, 4.69) is 10.6 Å². The second-order valence-electron chi connectivity index (χ2n) is 9.33. The summed E-state index contributed by atoms with van der Waals surface area (Å²) in [5, 5.41) is 5.48. The van der Waals surface area contributed by atoms with Gasteiger partial charge in [0.2, 0.25) is 5.91 Å². The summed E-state index contributed by atoms with van der Waals surface area (Å²) in [6.07, 6.45) is 5.48. The number of hydrogen-bond acceptors (Lipinski definition) is 5. The van der Waals surface area contributed by atoms with Gasteiger partial charge in [-0.3, -0.25) is 4.79 Å². The number of methoxy groups -OCH3 is 1. The van der Waals surface area contributed by atoms with Crippen LogP contribution in [0.25, 0.3) is 0 Å². The third-order valence-corrected chi connectivity index (χ3v) is 5.70. The fourth-order valence-corrected chi connectivity index (χ4v) is 3.93. The zero-order chi connectivity index (χ0) is 22.9. The van der Waals surface area contributed by atoms with Crippen LogP contribution in [0.3, 0.4) is 0 Å². The van der Waals surface area contributed by atoms with Gasteiger partial charge in [0.1, 0.15) is 18.7 Å². The van der Waals surface area contributed by atoms with Crippen molar-refractivity contribution in [1.29, 1.82) is 0 Å². The van der Waals surface area contributed by atoms with E-state index in [1.165, 1.54) is 13.5 Å². The lowest BCUT2D eigenvalue weighted by molar-refractivity contribution is -0.146. The average molecular weight is 433 g/mol. The molecule has 172 valence electrons. The molecular weight excluding hydrogens is 396 g/mol. The van der Waals surface area contributed by atoms with Crippen molar-refractivity contribution in [3.63, 3.8) is 0 Å². The van der Waals surface area contributed by atoms with Crippen molar-refractivity contribution in [3.8, 4) is 0 Å². The summed E-state index contributed by atoms with van der Waals surface area (Å²) in [6.45, 7) is 5.66. The van der Waals surface area contributed by atoms with Gasteiger partial charge in [-0.25, -0.2) is 9.59 Å². The summed E-state index contributed by atoms with van der Waals surface area (Å²) < 4.78 is 10.2. The van der Waals surface area contributed by atoms with Gasteiger partial charge >= 0.3 is 12.1 Å². The van der Waals surface area contributed by atoms with Gasteiger partial charge < -0.3 is 20.1 Å². The van der Waals surface area contributed by atoms with Gasteiger partial charge in [-0.2, -0.15) is 0 Å². The summed E-state index contributed by atoms with van der Waals surface area (Å²) in [5.74, 6) is -0.497. The molecule has 0 aromatic heterocycles. The third kappa shape index (κ3) is 8.23. The standard InChI is InChI=1S/C24H36N2O5/c1-24(2,3)20(26-23(29)31-16-18-13-9-6-10-14-18)21(27)25-19(22(28)30-4)15-17-11-7-5-8-12-17/h6,9-10,13-14,17,19-20H,5,7-8,11-12,15-16H2,1-4H3,(H,25,27)(H,26,29)/t19-,20+/m0/s1. The first-order valence-corrected chi connectivity index (χ1v) is 11.1. The molecule has 2 N–H and O–H groups in total. The van der Waals surface area contributed by atoms with Gasteiger partial charge in [0.15, 0.2) is 0 Å². The summed E-state index contributed by atoms with van der Waals surface area (Å²) in [5.41, 5.74) is 0.272. The van der Waals surface area contributed by atoms with Crippen molar-refractivity contribution in [2.75, 3.05) is 7.11 Å². The van der Waals surface area contributed by atoms with E-state index in [4.69, 9.17) is 9.47 Å². The summed E-state index contributed by atoms with van der Waals surface area (Å²) in [6, 6.07) is 7.72. The van der Waals surface area contributed by atoms with Crippen LogP contribution in [0.2, 0.25) is 0 Å². The van der Waals surface area contributed by atoms with Gasteiger partial charge in [0.05, 0.1) is 7.11 Å². The van der Waals surface area contributed by atoms with Crippen LogP contribution in [-0.2, 0) is 25.7 Å². The monoisotopic (exact) mass is 432 g/mol. The fraction of sp³-hybridized carbons (Fsp3) is 0.625. The largest absolute Gasteiger partial charge is 0.467 e. The van der Waals surface area contributed by atoms with Crippen LogP contribution < -0.4 is 10.6 Å². The van der Waals surface area contributed by atoms with E-state index in [-0.39, 0.29) is 6.61 Å². The second kappa shape index (κ2) is 11.7. The van der Waals surface area contributed by atoms with Crippen molar-refractivity contribution in [2.45, 2.75) is 78.0 Å². The maximum Gasteiger partial charge on any atom is 0.408 e. The van der Waals surface area contributed by atoms with Gasteiger partial charge in [-0.1, -0.05) is 83.2 Å². The first kappa shape index (κ1) is 24.7. The number of alkyl carbamates (subject to hydrolysis) is 1. The molecule has 0 unspecified atom stereocenters. The van der Waals surface area contributed by atoms with Crippen LogP contribution in [0.4, 0.5) is 4.79 Å². The predicted molar refractivity (Wildman–Crippen MR) is 118 cm³/mol. The molecule has 2 atom stereocenters. The van der Waals surface area contributed by atoms with E-state index < -0.39 is 35.5 Å². The topological polar surface area (TPSA) is 93.7 Å². The molecule has 7 nitrogen and oxygen atoms in total. The van der Waals surface area contributed by atoms with Gasteiger partial charge in [0, 0.05) is 0 Å². The first-order valence-electron chi connectivity index (χ1n) is 11.1. The smallest absolute Gasteiger partial charge is 0.408 e. The lowest BCUT2D eigenvalue weighted by atomic mass is 9.84. The number of benzene rings is 1. The lowest BCUT2D eigenvalue weighted by Gasteiger charge is -2.32. The third-order valence-electron chi connectivity index (χ3n) is 5.70. The number of hydrogen-bond donors (Lipinski definition) is 2. The Kier molecular flexibility index (Phi) is 9.34. The van der Waals surface area contributed by atoms with Crippen LogP contribution in [-0.4, -0.2) is 37.2 Å². The molecule has 31 heavy (non-hydrogen) atoms. The molecule has 0 bridgehead atoms. The highest BCUT2D eigenvalue weighted by Crippen LogP contribution is 2.28. The Bertz CT molecular complexity index is 723. The zero-order valence-electron chi connectivity index (χ0n) is 19.1. The molecule has 0 heterocycles. The molecule has 1 fully saturated rings. The van der Waals surface area contributed by atoms with Crippen molar-refractivity contribution >= 4 is 18.0 Å². The Hall–Kier alpha value is -2.57. The first-order chi connectivity index (χ1) is 14.7. The number of amides is 2. The Labute approximate surface area is 185 Å². The van der Waals surface area contributed by atoms with Crippen LogP contribution >= 0.6 is 0 Å². The van der Waals surface area contributed by atoms with Crippen LogP contribution in [0.5, 0.6) is 0 Å². The number of nitrogens with one attached hydrogen (secondary N) is 2. The van der Waals surface area contributed by atoms with Gasteiger partial charge in [-0.15, -0.1) is 0 Å². The number of rotatable bonds is 8. The summed E-state index contributed by atoms with van der Waals surface area (Å²) >= 11 is 0. The molecule has 1 aliphatic rings. The molecule has 0 aliphatic heterocycles. The SMILES string of the molecule is COC(=O)[C@H](CC1CCCCC1)NC(=O)[C@@H](NC(=O)OCc1ccccc1)C(C)(C)C. The molecule has 2 rings (SSSR count). The van der Waals surface area contributed by atoms with E-state index >= 15 is 0 Å². The fourth-order valence-electron chi connectivity index (χ4n) is 3.93. The van der Waals surface area contributed by atoms with Crippen molar-refractivity contribution in [3.05, 3.63) is 35.9 Å². The van der Waals surface area contributed by atoms with Gasteiger partial charge in [0.25, 0.3) is 0 Å². The van der Waals surface area contributed by atoms with Crippen LogP contribution in [0, 0.1) is 11.3 Å². The second-order valence-corrected chi connectivity index (χ2v) is 9.33. The van der Waals surface area contributed by atoms with Crippen molar-refractivity contribution in [2.24, 2.45) is 11.3 Å². The highest BCUT2D eigenvalue weighted by molar-refractivity contribution is 5.90. The van der Waals surface area contributed by atoms with Crippen molar-refractivity contribution < 1.29 is 23.9 Å². The molecule has 2 amide bonds. The maximum atomic E-state index is 13.1. The molecular formula is C24H36N2O5. The van der Waals surface area contributed by atoms with Crippen LogP contribution in [0.1, 0.15) is 64.9 Å². The highest BCUT2D eigenvalue weighted by Gasteiger charge is 2.36. The minimum absolute atomic E-state index is 0.109. The predicted octanol–water partition coefficient (Wildman–Crippen LogP) is 3.96. The summed E-state index contributed by atoms with van der Waals surface area (Å²) in [7, 11) is 1.32. The minimum Gasteiger partial charge on any atom is -0.467 e. The lowest BCUT2D eigenvalue weighted by Crippen LogP contribution is -2.57. The maximum absolute atomic E-state index is 13.1. The Morgan fingerprint density at radius 1 is 1.03 bits per heavy atom. The average Bonchev–Trinajstić information content (AvgIpc) is 2.75. The van der Waals surface area contributed by atoms with E-state index in [9.17, 15) is 14.4 Å². The minimum atomic E-state index is -0.866. The number of esters is 1. The molecule has 1 aliphatic carbocycles. The number of carbonyl (C=O) groups excluding carboxylic acids is 3. The number of carbonyl (C=O) groups is 3. The van der Waals surface area contributed by atoms with Crippen LogP contribution in [0.15, 0.2) is 30.3 Å². The normalized spacial score (nSPS) is 16.6. The van der Waals surface area contributed by atoms with E-state index in [1.54, 1.807) is 0 Å². The molecule has 0 saturated heterocycles. The molecule has 1 saturated carbocycles. The van der Waals surface area contributed by atoms with E-state index in [0.717, 1.165) is 31.2 Å². The van der Waals surface area contributed by atoms with E-state index in [1.807, 2.05) is 51.1 Å². The molecule has 0 spiro atoms. The molecule has 1 aromatic rings. The quantitative estimate of drug-likeness (QED) is 0.607. The number of ether oxygens (including phenoxy) is 2. The van der Waals surface area contributed by atoms with Crippen molar-refractivity contribution in [1.82, 2.24) is 10.6 Å². The summed E-state index contributed by atoms with van der Waals surface area (Å²) in [4.78, 5) is 37.8.